The third kappa shape index (κ3) is 7.76. The lowest BCUT2D eigenvalue weighted by molar-refractivity contribution is 0.422. The number of fused-ring (bicyclic) bond motifs is 8. The van der Waals surface area contributed by atoms with E-state index in [9.17, 15) is 40.9 Å². The zero-order valence-electron chi connectivity index (χ0n) is 33.8. The number of thioether (sulfide) groups is 2. The van der Waals surface area contributed by atoms with Crippen molar-refractivity contribution < 1.29 is 40.9 Å². The topological polar surface area (TPSA) is 162 Å². The fourth-order valence-electron chi connectivity index (χ4n) is 8.03. The van der Waals surface area contributed by atoms with Crippen molar-refractivity contribution in [3.8, 4) is 46.0 Å². The van der Waals surface area contributed by atoms with E-state index in [0.717, 1.165) is 20.9 Å². The summed E-state index contributed by atoms with van der Waals surface area (Å²) in [5, 5.41) is 94.9. The molecule has 0 amide bonds. The van der Waals surface area contributed by atoms with Gasteiger partial charge in [0.2, 0.25) is 0 Å². The van der Waals surface area contributed by atoms with Gasteiger partial charge in [0.05, 0.1) is 0 Å². The van der Waals surface area contributed by atoms with Gasteiger partial charge in [0, 0.05) is 101 Å². The van der Waals surface area contributed by atoms with Gasteiger partial charge in [-0.15, -0.1) is 23.5 Å². The van der Waals surface area contributed by atoms with Crippen molar-refractivity contribution in [3.05, 3.63) is 149 Å². The smallest absolute Gasteiger partial charge is 0.137 e. The zero-order chi connectivity index (χ0) is 43.5. The highest BCUT2D eigenvalue weighted by Gasteiger charge is 2.33. The van der Waals surface area contributed by atoms with E-state index in [0.29, 0.717) is 44.5 Å². The van der Waals surface area contributed by atoms with E-state index in [1.165, 1.54) is 23.5 Å². The minimum absolute atomic E-state index is 0.0218. The molecule has 6 aromatic carbocycles. The highest BCUT2D eigenvalue weighted by Crippen LogP contribution is 2.55. The summed E-state index contributed by atoms with van der Waals surface area (Å²) in [6.45, 7) is 11.2. The number of aryl methyl sites for hydroxylation is 2. The molecule has 0 radical (unpaired) electrons. The molecule has 4 atom stereocenters. The first-order valence-electron chi connectivity index (χ1n) is 19.4. The van der Waals surface area contributed by atoms with Gasteiger partial charge >= 0.3 is 0 Å². The molecule has 0 saturated carbocycles. The van der Waals surface area contributed by atoms with Crippen molar-refractivity contribution in [2.45, 2.75) is 86.5 Å². The average Bonchev–Trinajstić information content (AvgIpc) is 3.22. The molecule has 60 heavy (non-hydrogen) atoms. The van der Waals surface area contributed by atoms with Crippen LogP contribution in [0.5, 0.6) is 46.0 Å². The van der Waals surface area contributed by atoms with E-state index >= 15 is 0 Å². The Hall–Kier alpha value is -4.62. The van der Waals surface area contributed by atoms with E-state index in [4.69, 9.17) is 0 Å². The van der Waals surface area contributed by atoms with E-state index < -0.39 is 23.7 Å². The minimum atomic E-state index is -0.725. The molecule has 4 unspecified atom stereocenters. The molecule has 1 aliphatic rings. The summed E-state index contributed by atoms with van der Waals surface area (Å²) in [6.07, 6.45) is 0. The molecule has 12 heteroatoms. The van der Waals surface area contributed by atoms with Crippen LogP contribution in [0.25, 0.3) is 0 Å². The molecule has 1 aliphatic carbocycles. The molecule has 8 nitrogen and oxygen atoms in total. The SMILES string of the molecule is Cc1ccc(SCc2c(O)c3cc(c2O)C(C)c2cc(c(O)c(Br)c2O)C(C)c2cc(c(O)c(CSc4ccc(C)cc4)c2O)C(C)c2cc(c(O)c(Br)c2O)C3C)cc1. The second-order valence-corrected chi connectivity index (χ2v) is 19.4. The quantitative estimate of drug-likeness (QED) is 0.0754. The Kier molecular flexibility index (Phi) is 12.3. The fourth-order valence-corrected chi connectivity index (χ4v) is 10.8. The molecular weight excluding hydrogens is 928 g/mol. The van der Waals surface area contributed by atoms with Crippen LogP contribution in [0, 0.1) is 13.8 Å². The fraction of sp³-hybridized carbons (Fsp3) is 0.250. The number of hydrogen-bond acceptors (Lipinski definition) is 10. The van der Waals surface area contributed by atoms with Gasteiger partial charge in [0.1, 0.15) is 54.9 Å². The molecule has 0 aromatic heterocycles. The van der Waals surface area contributed by atoms with Gasteiger partial charge in [-0.1, -0.05) is 63.1 Å². The predicted molar refractivity (Wildman–Crippen MR) is 246 cm³/mol. The van der Waals surface area contributed by atoms with E-state index in [1.807, 2.05) is 62.4 Å². The summed E-state index contributed by atoms with van der Waals surface area (Å²) in [4.78, 5) is 1.84. The van der Waals surface area contributed by atoms with Crippen LogP contribution in [0.2, 0.25) is 0 Å². The number of phenols is 8. The maximum atomic E-state index is 12.1. The zero-order valence-corrected chi connectivity index (χ0v) is 38.6. The number of phenolic OH excluding ortho intramolecular Hbond substituents is 8. The Balaban J connectivity index is 1.51. The van der Waals surface area contributed by atoms with Crippen molar-refractivity contribution in [1.29, 1.82) is 0 Å². The molecule has 6 aromatic rings. The molecule has 312 valence electrons. The molecule has 8 bridgehead atoms. The summed E-state index contributed by atoms with van der Waals surface area (Å²) in [5.74, 6) is -4.22. The monoisotopic (exact) mass is 972 g/mol. The summed E-state index contributed by atoms with van der Waals surface area (Å²) < 4.78 is 0.0435. The van der Waals surface area contributed by atoms with Crippen LogP contribution in [0.1, 0.15) is 118 Å². The Morgan fingerprint density at radius 1 is 0.383 bits per heavy atom. The van der Waals surface area contributed by atoms with Gasteiger partial charge in [-0.3, -0.25) is 0 Å². The van der Waals surface area contributed by atoms with Crippen molar-refractivity contribution in [2.24, 2.45) is 0 Å². The molecule has 0 saturated heterocycles. The first-order valence-corrected chi connectivity index (χ1v) is 23.0. The molecule has 0 heterocycles. The van der Waals surface area contributed by atoms with Crippen LogP contribution in [-0.2, 0) is 11.5 Å². The summed E-state index contributed by atoms with van der Waals surface area (Å²) >= 11 is 9.70. The molecule has 8 N–H and O–H groups in total. The van der Waals surface area contributed by atoms with Crippen molar-refractivity contribution >= 4 is 55.4 Å². The second-order valence-electron chi connectivity index (χ2n) is 15.7. The number of halogens is 2. The van der Waals surface area contributed by atoms with E-state index in [1.54, 1.807) is 52.0 Å². The highest BCUT2D eigenvalue weighted by atomic mass is 79.9. The minimum Gasteiger partial charge on any atom is -0.507 e. The maximum Gasteiger partial charge on any atom is 0.137 e. The highest BCUT2D eigenvalue weighted by molar-refractivity contribution is 9.11. The van der Waals surface area contributed by atoms with Crippen LogP contribution < -0.4 is 0 Å². The van der Waals surface area contributed by atoms with Gasteiger partial charge in [0.25, 0.3) is 0 Å². The normalized spacial score (nSPS) is 17.5. The van der Waals surface area contributed by atoms with Gasteiger partial charge < -0.3 is 40.9 Å². The molecule has 7 rings (SSSR count). The standard InChI is InChI=1S/C48H46Br2O8S2/c1-21-7-11-27(12-8-21)59-19-37-41(51)29-15-30(42(37)52)24(4)34-18-36(48(58)40(50)46(34)56)26(6)32-16-31(25(5)35-17-33(23(29)3)45(55)39(49)47(35)57)43(53)38(44(32)54)20-60-28-13-9-22(2)10-14-28/h7-18,23-26,51-58H,19-20H2,1-6H3. The second kappa shape index (κ2) is 17.0. The summed E-state index contributed by atoms with van der Waals surface area (Å²) in [7, 11) is 0. The first kappa shape index (κ1) is 43.5. The molecule has 0 fully saturated rings. The Morgan fingerprint density at radius 3 is 0.833 bits per heavy atom. The average molecular weight is 975 g/mol. The number of benzene rings is 6. The third-order valence-corrected chi connectivity index (χ3v) is 15.5. The molecular formula is C48H46Br2O8S2. The maximum absolute atomic E-state index is 12.1. The van der Waals surface area contributed by atoms with E-state index in [-0.39, 0.29) is 77.6 Å². The van der Waals surface area contributed by atoms with Crippen LogP contribution in [-0.4, -0.2) is 40.9 Å². The number of rotatable bonds is 6. The van der Waals surface area contributed by atoms with Gasteiger partial charge in [-0.05, 0) is 94.2 Å². The van der Waals surface area contributed by atoms with Gasteiger partial charge in [-0.2, -0.15) is 0 Å². The van der Waals surface area contributed by atoms with Gasteiger partial charge in [0.15, 0.2) is 0 Å². The summed E-state index contributed by atoms with van der Waals surface area (Å²) in [5.41, 5.74) is 5.61. The van der Waals surface area contributed by atoms with Crippen LogP contribution >= 0.6 is 55.4 Å². The van der Waals surface area contributed by atoms with Crippen molar-refractivity contribution in [1.82, 2.24) is 0 Å². The van der Waals surface area contributed by atoms with Crippen LogP contribution in [0.4, 0.5) is 0 Å². The van der Waals surface area contributed by atoms with E-state index in [2.05, 4.69) is 31.9 Å². The Morgan fingerprint density at radius 2 is 0.600 bits per heavy atom. The number of aromatic hydroxyl groups is 8. The third-order valence-electron chi connectivity index (χ3n) is 11.9. The lowest BCUT2D eigenvalue weighted by atomic mass is 9.79. The molecule has 0 aliphatic heterocycles. The van der Waals surface area contributed by atoms with Crippen LogP contribution in [0.15, 0.2) is 91.5 Å². The Bertz CT molecular complexity index is 2350. The molecule has 0 spiro atoms. The van der Waals surface area contributed by atoms with Crippen molar-refractivity contribution in [3.63, 3.8) is 0 Å². The number of hydrogen-bond donors (Lipinski definition) is 8. The van der Waals surface area contributed by atoms with Crippen LogP contribution in [0.3, 0.4) is 0 Å². The Labute approximate surface area is 374 Å². The lowest BCUT2D eigenvalue weighted by Crippen LogP contribution is -2.09. The predicted octanol–water partition coefficient (Wildman–Crippen LogP) is 13.0. The lowest BCUT2D eigenvalue weighted by Gasteiger charge is -2.28. The van der Waals surface area contributed by atoms with Gasteiger partial charge in [-0.25, -0.2) is 0 Å². The largest absolute Gasteiger partial charge is 0.507 e. The summed E-state index contributed by atoms with van der Waals surface area (Å²) in [6, 6.07) is 22.4. The van der Waals surface area contributed by atoms with Crippen molar-refractivity contribution in [2.75, 3.05) is 0 Å². The first-order chi connectivity index (χ1) is 28.4.